The Morgan fingerprint density at radius 3 is 1.76 bits per heavy atom. The van der Waals surface area contributed by atoms with E-state index in [2.05, 4.69) is 43.1 Å². The van der Waals surface area contributed by atoms with Gasteiger partial charge in [0.2, 0.25) is 0 Å². The first-order valence-electron chi connectivity index (χ1n) is 11.4. The van der Waals surface area contributed by atoms with E-state index in [0.717, 1.165) is 0 Å². The maximum Gasteiger partial charge on any atom is 0.338 e. The van der Waals surface area contributed by atoms with E-state index in [0.29, 0.717) is 11.0 Å². The van der Waals surface area contributed by atoms with E-state index in [4.69, 9.17) is 5.11 Å². The first-order chi connectivity index (χ1) is 14.0. The fraction of sp³-hybridized carbons (Fsp3) is 0.696. The van der Waals surface area contributed by atoms with Crippen LogP contribution in [-0.2, 0) is 0 Å². The van der Waals surface area contributed by atoms with Crippen molar-refractivity contribution in [2.45, 2.75) is 79.1 Å². The molecule has 2 N–H and O–H groups in total. The lowest BCUT2D eigenvalue weighted by molar-refractivity contribution is 0.0699. The van der Waals surface area contributed by atoms with Crippen molar-refractivity contribution in [2.75, 3.05) is 24.6 Å². The number of H-pyrrole nitrogens is 1. The van der Waals surface area contributed by atoms with Crippen LogP contribution in [0.4, 0.5) is 0 Å². The van der Waals surface area contributed by atoms with Crippen LogP contribution in [0.5, 0.6) is 0 Å². The first-order valence-corrected chi connectivity index (χ1v) is 13.9. The van der Waals surface area contributed by atoms with Gasteiger partial charge in [0.15, 0.2) is 0 Å². The van der Waals surface area contributed by atoms with Gasteiger partial charge in [-0.25, -0.2) is 4.79 Å². The number of benzene rings is 1. The minimum absolute atomic E-state index is 0.168. The highest BCUT2D eigenvalue weighted by molar-refractivity contribution is 7.75. The van der Waals surface area contributed by atoms with Crippen LogP contribution in [0, 0.1) is 0 Å². The van der Waals surface area contributed by atoms with Crippen LogP contribution in [0.25, 0.3) is 11.0 Å². The molecule has 0 amide bonds. The molecule has 0 atom stereocenters. The lowest BCUT2D eigenvalue weighted by Gasteiger charge is -2.28. The number of nitrogens with zero attached hydrogens (tertiary/aromatic N) is 2. The number of carboxylic acid groups (broad SMARTS) is 1. The smallest absolute Gasteiger partial charge is 0.338 e. The zero-order chi connectivity index (χ0) is 21.5. The average molecular weight is 423 g/mol. The van der Waals surface area contributed by atoms with Crippen molar-refractivity contribution in [3.8, 4) is 0 Å². The van der Waals surface area contributed by atoms with Gasteiger partial charge in [-0.1, -0.05) is 59.4 Å². The summed E-state index contributed by atoms with van der Waals surface area (Å²) in [6, 6.07) is 4.83. The number of unbranched alkanes of at least 4 members (excludes halogenated alkanes) is 4. The average Bonchev–Trinajstić information content (AvgIpc) is 3.22. The van der Waals surface area contributed by atoms with Crippen molar-refractivity contribution in [1.29, 1.82) is 0 Å². The molecule has 0 aliphatic rings. The SMILES string of the molecule is CCCC[P+](CCCC)(CCCC)CCCC.O=C(O)c1cccc2n[nH]nc12. The highest BCUT2D eigenvalue weighted by Crippen LogP contribution is 2.61. The summed E-state index contributed by atoms with van der Waals surface area (Å²) in [6.07, 6.45) is 17.9. The van der Waals surface area contributed by atoms with Crippen molar-refractivity contribution in [1.82, 2.24) is 15.4 Å². The van der Waals surface area contributed by atoms with Crippen molar-refractivity contribution in [3.63, 3.8) is 0 Å². The van der Waals surface area contributed by atoms with Gasteiger partial charge >= 0.3 is 5.97 Å². The number of carboxylic acids is 1. The van der Waals surface area contributed by atoms with Crippen molar-refractivity contribution in [3.05, 3.63) is 23.8 Å². The third-order valence-corrected chi connectivity index (χ3v) is 10.6. The largest absolute Gasteiger partial charge is 0.478 e. The molecule has 0 unspecified atom stereocenters. The van der Waals surface area contributed by atoms with Crippen LogP contribution < -0.4 is 0 Å². The number of hydrogen-bond acceptors (Lipinski definition) is 3. The summed E-state index contributed by atoms with van der Waals surface area (Å²) in [5.74, 6) is -0.991. The molecule has 1 aromatic heterocycles. The van der Waals surface area contributed by atoms with E-state index in [9.17, 15) is 4.79 Å². The Hall–Kier alpha value is -1.48. The number of rotatable bonds is 13. The molecule has 0 fully saturated rings. The number of hydrogen-bond donors (Lipinski definition) is 2. The second kappa shape index (κ2) is 14.5. The predicted molar refractivity (Wildman–Crippen MR) is 127 cm³/mol. The second-order valence-electron chi connectivity index (χ2n) is 7.95. The predicted octanol–water partition coefficient (Wildman–Crippen LogP) is 6.86. The van der Waals surface area contributed by atoms with Crippen LogP contribution in [-0.4, -0.2) is 51.1 Å². The van der Waals surface area contributed by atoms with Gasteiger partial charge in [0.05, 0.1) is 30.2 Å². The Morgan fingerprint density at radius 2 is 1.34 bits per heavy atom. The van der Waals surface area contributed by atoms with Gasteiger partial charge in [-0.2, -0.15) is 15.4 Å². The Morgan fingerprint density at radius 1 is 0.862 bits per heavy atom. The molecule has 2 aromatic rings. The zero-order valence-corrected chi connectivity index (χ0v) is 19.8. The number of aromatic nitrogens is 3. The lowest BCUT2D eigenvalue weighted by atomic mass is 10.2. The Balaban J connectivity index is 0.000000304. The molecular weight excluding hydrogens is 381 g/mol. The number of para-hydroxylation sites is 1. The van der Waals surface area contributed by atoms with Gasteiger partial charge in [-0.3, -0.25) is 0 Å². The van der Waals surface area contributed by atoms with Crippen LogP contribution in [0.3, 0.4) is 0 Å². The third-order valence-electron chi connectivity index (χ3n) is 5.52. The van der Waals surface area contributed by atoms with E-state index in [-0.39, 0.29) is 5.56 Å². The Labute approximate surface area is 177 Å². The highest BCUT2D eigenvalue weighted by Gasteiger charge is 2.34. The summed E-state index contributed by atoms with van der Waals surface area (Å²) >= 11 is 0. The van der Waals surface area contributed by atoms with Crippen LogP contribution in [0.2, 0.25) is 0 Å². The number of aromatic carboxylic acids is 1. The first kappa shape index (κ1) is 25.6. The van der Waals surface area contributed by atoms with Gasteiger partial charge < -0.3 is 5.11 Å². The fourth-order valence-corrected chi connectivity index (χ4v) is 8.98. The normalized spacial score (nSPS) is 11.3. The van der Waals surface area contributed by atoms with Crippen molar-refractivity contribution in [2.24, 2.45) is 0 Å². The Bertz CT molecular complexity index is 665. The van der Waals surface area contributed by atoms with Crippen LogP contribution in [0.15, 0.2) is 18.2 Å². The molecule has 2 rings (SSSR count). The summed E-state index contributed by atoms with van der Waals surface area (Å²) < 4.78 is 0. The Kier molecular flexibility index (Phi) is 12.8. The molecule has 0 radical (unpaired) electrons. The van der Waals surface area contributed by atoms with E-state index in [1.54, 1.807) is 36.8 Å². The fourth-order valence-electron chi connectivity index (χ4n) is 3.69. The number of nitrogens with one attached hydrogen (secondary N) is 1. The minimum Gasteiger partial charge on any atom is -0.478 e. The standard InChI is InChI=1S/C16H36P.C7H5N3O2/c1-5-9-13-17(14-10-6-2,15-11-7-3)16-12-8-4;11-7(12)4-2-1-3-5-6(4)9-10-8-5/h5-16H2,1-4H3;1-3H,(H,11,12)(H,8,9,10)/q+1;. The van der Waals surface area contributed by atoms with Gasteiger partial charge in [0.25, 0.3) is 0 Å². The number of carbonyl (C=O) groups is 1. The zero-order valence-electron chi connectivity index (χ0n) is 18.9. The van der Waals surface area contributed by atoms with E-state index in [1.807, 2.05) is 0 Å². The van der Waals surface area contributed by atoms with E-state index < -0.39 is 13.2 Å². The molecule has 0 bridgehead atoms. The summed E-state index contributed by atoms with van der Waals surface area (Å²) in [7, 11) is -0.562. The molecule has 164 valence electrons. The van der Waals surface area contributed by atoms with Gasteiger partial charge in [-0.05, 0) is 37.8 Å². The molecule has 1 aromatic carbocycles. The topological polar surface area (TPSA) is 78.9 Å². The molecule has 0 aliphatic heterocycles. The molecule has 0 spiro atoms. The maximum atomic E-state index is 10.6. The lowest BCUT2D eigenvalue weighted by Crippen LogP contribution is -2.12. The van der Waals surface area contributed by atoms with Gasteiger partial charge in [0.1, 0.15) is 11.0 Å². The highest BCUT2D eigenvalue weighted by atomic mass is 31.2. The quantitative estimate of drug-likeness (QED) is 0.346. The molecule has 29 heavy (non-hydrogen) atoms. The summed E-state index contributed by atoms with van der Waals surface area (Å²) in [5.41, 5.74) is 1.13. The molecule has 0 aliphatic carbocycles. The second-order valence-corrected chi connectivity index (χ2v) is 12.4. The van der Waals surface area contributed by atoms with E-state index in [1.165, 1.54) is 57.4 Å². The van der Waals surface area contributed by atoms with Crippen molar-refractivity contribution >= 4 is 24.3 Å². The monoisotopic (exact) mass is 422 g/mol. The van der Waals surface area contributed by atoms with Crippen LogP contribution in [0.1, 0.15) is 89.4 Å². The van der Waals surface area contributed by atoms with Crippen molar-refractivity contribution < 1.29 is 9.90 Å². The molecule has 1 heterocycles. The summed E-state index contributed by atoms with van der Waals surface area (Å²) in [4.78, 5) is 10.6. The molecular formula is C23H41N3O2P+. The summed E-state index contributed by atoms with van der Waals surface area (Å²) in [5, 5.41) is 18.6. The van der Waals surface area contributed by atoms with Gasteiger partial charge in [0, 0.05) is 7.26 Å². The van der Waals surface area contributed by atoms with Gasteiger partial charge in [-0.15, -0.1) is 0 Å². The maximum absolute atomic E-state index is 10.6. The third kappa shape index (κ3) is 8.82. The molecule has 5 nitrogen and oxygen atoms in total. The van der Waals surface area contributed by atoms with Crippen LogP contribution >= 0.6 is 7.26 Å². The molecule has 6 heteroatoms. The molecule has 0 saturated carbocycles. The summed E-state index contributed by atoms with van der Waals surface area (Å²) in [6.45, 7) is 9.42. The van der Waals surface area contributed by atoms with E-state index >= 15 is 0 Å². The molecule has 0 saturated heterocycles. The number of fused-ring (bicyclic) bond motifs is 1. The number of aromatic amines is 1. The minimum atomic E-state index is -0.991.